The van der Waals surface area contributed by atoms with E-state index in [0.717, 1.165) is 22.2 Å². The van der Waals surface area contributed by atoms with E-state index in [1.807, 2.05) is 18.2 Å². The van der Waals surface area contributed by atoms with Crippen LogP contribution in [0, 0.1) is 0 Å². The molecule has 0 amide bonds. The van der Waals surface area contributed by atoms with Crippen LogP contribution in [-0.4, -0.2) is 17.8 Å². The van der Waals surface area contributed by atoms with Crippen molar-refractivity contribution < 1.29 is 0 Å². The van der Waals surface area contributed by atoms with Crippen molar-refractivity contribution in [1.82, 2.24) is 5.32 Å². The minimum absolute atomic E-state index is 0.195. The van der Waals surface area contributed by atoms with E-state index in [4.69, 9.17) is 11.6 Å². The summed E-state index contributed by atoms with van der Waals surface area (Å²) >= 11 is 7.85. The summed E-state index contributed by atoms with van der Waals surface area (Å²) in [5.41, 5.74) is 0.195. The van der Waals surface area contributed by atoms with E-state index in [2.05, 4.69) is 32.2 Å². The Morgan fingerprint density at radius 1 is 1.27 bits per heavy atom. The van der Waals surface area contributed by atoms with Crippen molar-refractivity contribution in [2.75, 3.05) is 12.3 Å². The number of halogens is 1. The van der Waals surface area contributed by atoms with E-state index in [1.165, 1.54) is 0 Å². The van der Waals surface area contributed by atoms with Crippen LogP contribution in [-0.2, 0) is 0 Å². The quantitative estimate of drug-likeness (QED) is 0.638. The Balaban J connectivity index is 2.30. The SMILES string of the molecule is CC(C)(C)NCCSc1ccccc1Cl. The van der Waals surface area contributed by atoms with Crippen LogP contribution < -0.4 is 5.32 Å². The molecule has 1 nitrogen and oxygen atoms in total. The summed E-state index contributed by atoms with van der Waals surface area (Å²) in [4.78, 5) is 1.16. The molecule has 0 spiro atoms. The van der Waals surface area contributed by atoms with Crippen molar-refractivity contribution >= 4 is 23.4 Å². The third kappa shape index (κ3) is 5.45. The number of benzene rings is 1. The number of hydrogen-bond donors (Lipinski definition) is 1. The van der Waals surface area contributed by atoms with E-state index >= 15 is 0 Å². The van der Waals surface area contributed by atoms with Crippen LogP contribution in [0.25, 0.3) is 0 Å². The van der Waals surface area contributed by atoms with Crippen LogP contribution in [0.4, 0.5) is 0 Å². The van der Waals surface area contributed by atoms with Crippen LogP contribution in [0.5, 0.6) is 0 Å². The van der Waals surface area contributed by atoms with Gasteiger partial charge in [-0.15, -0.1) is 11.8 Å². The zero-order valence-electron chi connectivity index (χ0n) is 9.51. The Morgan fingerprint density at radius 3 is 2.53 bits per heavy atom. The van der Waals surface area contributed by atoms with Crippen LogP contribution in [0.3, 0.4) is 0 Å². The van der Waals surface area contributed by atoms with Crippen molar-refractivity contribution in [1.29, 1.82) is 0 Å². The van der Waals surface area contributed by atoms with Gasteiger partial charge in [0.1, 0.15) is 0 Å². The summed E-state index contributed by atoms with van der Waals surface area (Å²) in [6.45, 7) is 7.52. The number of hydrogen-bond acceptors (Lipinski definition) is 2. The van der Waals surface area contributed by atoms with Crippen molar-refractivity contribution in [2.24, 2.45) is 0 Å². The molecule has 0 unspecified atom stereocenters. The second kappa shape index (κ2) is 5.78. The highest BCUT2D eigenvalue weighted by atomic mass is 35.5. The molecule has 3 heteroatoms. The Morgan fingerprint density at radius 2 is 1.93 bits per heavy atom. The average molecular weight is 244 g/mol. The van der Waals surface area contributed by atoms with Crippen molar-refractivity contribution in [3.63, 3.8) is 0 Å². The maximum atomic E-state index is 6.05. The number of nitrogens with one attached hydrogen (secondary N) is 1. The van der Waals surface area contributed by atoms with Gasteiger partial charge in [-0.3, -0.25) is 0 Å². The second-order valence-corrected chi connectivity index (χ2v) is 6.00. The van der Waals surface area contributed by atoms with Gasteiger partial charge < -0.3 is 5.32 Å². The third-order valence-electron chi connectivity index (χ3n) is 1.85. The minimum Gasteiger partial charge on any atom is -0.311 e. The highest BCUT2D eigenvalue weighted by molar-refractivity contribution is 7.99. The van der Waals surface area contributed by atoms with Gasteiger partial charge in [0.2, 0.25) is 0 Å². The molecule has 0 aromatic heterocycles. The van der Waals surface area contributed by atoms with Crippen molar-refractivity contribution in [3.8, 4) is 0 Å². The fraction of sp³-hybridized carbons (Fsp3) is 0.500. The molecule has 15 heavy (non-hydrogen) atoms. The summed E-state index contributed by atoms with van der Waals surface area (Å²) in [5.74, 6) is 1.04. The molecule has 1 N–H and O–H groups in total. The lowest BCUT2D eigenvalue weighted by atomic mass is 10.1. The third-order valence-corrected chi connectivity index (χ3v) is 3.37. The molecule has 0 heterocycles. The van der Waals surface area contributed by atoms with Crippen LogP contribution in [0.15, 0.2) is 29.2 Å². The predicted octanol–water partition coefficient (Wildman–Crippen LogP) is 3.82. The molecule has 0 aliphatic carbocycles. The molecule has 0 atom stereocenters. The molecule has 0 aliphatic heterocycles. The molecule has 0 bridgehead atoms. The lowest BCUT2D eigenvalue weighted by Crippen LogP contribution is -2.37. The van der Waals surface area contributed by atoms with Gasteiger partial charge in [0, 0.05) is 22.7 Å². The Hall–Kier alpha value is -0.180. The molecule has 1 aromatic carbocycles. The highest BCUT2D eigenvalue weighted by Gasteiger charge is 2.07. The Bertz CT molecular complexity index is 307. The van der Waals surface area contributed by atoms with Gasteiger partial charge in [0.15, 0.2) is 0 Å². The van der Waals surface area contributed by atoms with E-state index in [0.29, 0.717) is 0 Å². The highest BCUT2D eigenvalue weighted by Crippen LogP contribution is 2.25. The van der Waals surface area contributed by atoms with Gasteiger partial charge in [-0.1, -0.05) is 23.7 Å². The topological polar surface area (TPSA) is 12.0 Å². The zero-order chi connectivity index (χ0) is 11.3. The molecule has 0 saturated heterocycles. The smallest absolute Gasteiger partial charge is 0.0541 e. The molecule has 0 fully saturated rings. The minimum atomic E-state index is 0.195. The maximum absolute atomic E-state index is 6.05. The Kier molecular flexibility index (Phi) is 4.97. The summed E-state index contributed by atoms with van der Waals surface area (Å²) in [7, 11) is 0. The van der Waals surface area contributed by atoms with Gasteiger partial charge in [-0.05, 0) is 32.9 Å². The fourth-order valence-electron chi connectivity index (χ4n) is 1.15. The lowest BCUT2D eigenvalue weighted by Gasteiger charge is -2.20. The first kappa shape index (κ1) is 12.9. The second-order valence-electron chi connectivity index (χ2n) is 4.46. The van der Waals surface area contributed by atoms with Gasteiger partial charge in [0.05, 0.1) is 5.02 Å². The summed E-state index contributed by atoms with van der Waals surface area (Å²) in [5, 5.41) is 4.29. The van der Waals surface area contributed by atoms with E-state index in [9.17, 15) is 0 Å². The monoisotopic (exact) mass is 243 g/mol. The van der Waals surface area contributed by atoms with Crippen LogP contribution in [0.1, 0.15) is 20.8 Å². The first-order valence-corrected chi connectivity index (χ1v) is 6.48. The van der Waals surface area contributed by atoms with E-state index < -0.39 is 0 Å². The first-order valence-electron chi connectivity index (χ1n) is 5.11. The molecule has 1 aromatic rings. The van der Waals surface area contributed by atoms with Crippen molar-refractivity contribution in [3.05, 3.63) is 29.3 Å². The average Bonchev–Trinajstić information content (AvgIpc) is 2.13. The summed E-state index contributed by atoms with van der Waals surface area (Å²) < 4.78 is 0. The van der Waals surface area contributed by atoms with Gasteiger partial charge in [-0.2, -0.15) is 0 Å². The standard InChI is InChI=1S/C12H18ClNS/c1-12(2,3)14-8-9-15-11-7-5-4-6-10(11)13/h4-7,14H,8-9H2,1-3H3. The van der Waals surface area contributed by atoms with E-state index in [1.54, 1.807) is 11.8 Å². The first-order chi connectivity index (χ1) is 6.99. The number of thioether (sulfide) groups is 1. The molecule has 84 valence electrons. The van der Waals surface area contributed by atoms with Gasteiger partial charge >= 0.3 is 0 Å². The summed E-state index contributed by atoms with van der Waals surface area (Å²) in [6, 6.07) is 7.97. The molecular formula is C12H18ClNS. The number of rotatable bonds is 4. The molecule has 0 saturated carbocycles. The molecule has 1 rings (SSSR count). The fourth-order valence-corrected chi connectivity index (χ4v) is 2.25. The van der Waals surface area contributed by atoms with Crippen LogP contribution in [0.2, 0.25) is 5.02 Å². The molecule has 0 radical (unpaired) electrons. The predicted molar refractivity (Wildman–Crippen MR) is 69.9 cm³/mol. The summed E-state index contributed by atoms with van der Waals surface area (Å²) in [6.07, 6.45) is 0. The normalized spacial score (nSPS) is 11.7. The van der Waals surface area contributed by atoms with Crippen LogP contribution >= 0.6 is 23.4 Å². The zero-order valence-corrected chi connectivity index (χ0v) is 11.1. The lowest BCUT2D eigenvalue weighted by molar-refractivity contribution is 0.441. The van der Waals surface area contributed by atoms with Crippen molar-refractivity contribution in [2.45, 2.75) is 31.2 Å². The molecular weight excluding hydrogens is 226 g/mol. The largest absolute Gasteiger partial charge is 0.311 e. The maximum Gasteiger partial charge on any atom is 0.0541 e. The van der Waals surface area contributed by atoms with E-state index in [-0.39, 0.29) is 5.54 Å². The molecule has 0 aliphatic rings. The van der Waals surface area contributed by atoms with Gasteiger partial charge in [0.25, 0.3) is 0 Å². The Labute approximate surface area is 102 Å². The van der Waals surface area contributed by atoms with Gasteiger partial charge in [-0.25, -0.2) is 0 Å².